The standard InChI is InChI=1S/C13H20ClN5O/c1-4-8(3)19-7-15-11-10(19)12(18-13(14)17-11)16-9(5-2)6-20/h7-9,20H,4-6H2,1-3H3,(H,16,17,18). The Balaban J connectivity index is 2.52. The predicted molar refractivity (Wildman–Crippen MR) is 80.1 cm³/mol. The summed E-state index contributed by atoms with van der Waals surface area (Å²) in [6, 6.07) is 0.226. The van der Waals surface area contributed by atoms with Crippen LogP contribution in [0, 0.1) is 0 Å². The third kappa shape index (κ3) is 2.86. The average molecular weight is 298 g/mol. The molecule has 0 aliphatic carbocycles. The highest BCUT2D eigenvalue weighted by Gasteiger charge is 2.17. The number of hydrogen-bond donors (Lipinski definition) is 2. The molecule has 110 valence electrons. The topological polar surface area (TPSA) is 75.9 Å². The van der Waals surface area contributed by atoms with Crippen molar-refractivity contribution in [3.63, 3.8) is 0 Å². The first-order valence-corrected chi connectivity index (χ1v) is 7.25. The van der Waals surface area contributed by atoms with Crippen LogP contribution < -0.4 is 5.32 Å². The summed E-state index contributed by atoms with van der Waals surface area (Å²) in [6.07, 6.45) is 3.52. The monoisotopic (exact) mass is 297 g/mol. The van der Waals surface area contributed by atoms with Gasteiger partial charge in [0.2, 0.25) is 5.28 Å². The number of hydrogen-bond acceptors (Lipinski definition) is 5. The lowest BCUT2D eigenvalue weighted by Gasteiger charge is -2.18. The van der Waals surface area contributed by atoms with Gasteiger partial charge in [-0.25, -0.2) is 4.98 Å². The molecule has 2 rings (SSSR count). The fourth-order valence-corrected chi connectivity index (χ4v) is 2.19. The molecule has 0 spiro atoms. The van der Waals surface area contributed by atoms with Crippen LogP contribution in [0.5, 0.6) is 0 Å². The van der Waals surface area contributed by atoms with Crippen molar-refractivity contribution in [3.05, 3.63) is 11.6 Å². The Morgan fingerprint density at radius 3 is 2.70 bits per heavy atom. The number of aliphatic hydroxyl groups excluding tert-OH is 1. The molecule has 20 heavy (non-hydrogen) atoms. The highest BCUT2D eigenvalue weighted by Crippen LogP contribution is 2.26. The van der Waals surface area contributed by atoms with Crippen LogP contribution in [0.3, 0.4) is 0 Å². The largest absolute Gasteiger partial charge is 0.394 e. The Bertz CT molecular complexity index is 581. The average Bonchev–Trinajstić information content (AvgIpc) is 2.87. The number of rotatable bonds is 6. The maximum Gasteiger partial charge on any atom is 0.226 e. The molecule has 0 saturated carbocycles. The summed E-state index contributed by atoms with van der Waals surface area (Å²) >= 11 is 5.94. The summed E-state index contributed by atoms with van der Waals surface area (Å²) < 4.78 is 2.04. The van der Waals surface area contributed by atoms with Crippen LogP contribution in [-0.4, -0.2) is 37.3 Å². The molecular weight excluding hydrogens is 278 g/mol. The summed E-state index contributed by atoms with van der Waals surface area (Å²) in [5.41, 5.74) is 1.40. The van der Waals surface area contributed by atoms with Crippen LogP contribution >= 0.6 is 11.6 Å². The van der Waals surface area contributed by atoms with Crippen molar-refractivity contribution >= 4 is 28.6 Å². The number of fused-ring (bicyclic) bond motifs is 1. The molecule has 2 atom stereocenters. The molecule has 0 saturated heterocycles. The molecule has 0 aliphatic heterocycles. The summed E-state index contributed by atoms with van der Waals surface area (Å²) in [5, 5.41) is 12.7. The minimum atomic E-state index is -0.0653. The molecular formula is C13H20ClN5O. The second kappa shape index (κ2) is 6.37. The molecule has 7 heteroatoms. The highest BCUT2D eigenvalue weighted by atomic mass is 35.5. The van der Waals surface area contributed by atoms with Gasteiger partial charge in [-0.2, -0.15) is 9.97 Å². The summed E-state index contributed by atoms with van der Waals surface area (Å²) in [4.78, 5) is 12.7. The second-order valence-electron chi connectivity index (χ2n) is 4.85. The normalized spacial score (nSPS) is 14.4. The first-order valence-electron chi connectivity index (χ1n) is 6.88. The third-order valence-corrected chi connectivity index (χ3v) is 3.69. The Labute approximate surface area is 123 Å². The van der Waals surface area contributed by atoms with E-state index in [1.54, 1.807) is 6.33 Å². The van der Waals surface area contributed by atoms with Crippen molar-refractivity contribution in [2.75, 3.05) is 11.9 Å². The van der Waals surface area contributed by atoms with E-state index in [0.717, 1.165) is 18.4 Å². The van der Waals surface area contributed by atoms with Gasteiger partial charge in [0, 0.05) is 6.04 Å². The van der Waals surface area contributed by atoms with E-state index in [0.29, 0.717) is 17.5 Å². The lowest BCUT2D eigenvalue weighted by molar-refractivity contribution is 0.271. The zero-order chi connectivity index (χ0) is 14.7. The van der Waals surface area contributed by atoms with E-state index in [-0.39, 0.29) is 17.9 Å². The fraction of sp³-hybridized carbons (Fsp3) is 0.615. The summed E-state index contributed by atoms with van der Waals surface area (Å²) in [5.74, 6) is 0.624. The zero-order valence-electron chi connectivity index (χ0n) is 12.0. The lowest BCUT2D eigenvalue weighted by atomic mass is 10.2. The lowest BCUT2D eigenvalue weighted by Crippen LogP contribution is -2.24. The third-order valence-electron chi connectivity index (χ3n) is 3.52. The van der Waals surface area contributed by atoms with Crippen LogP contribution in [0.15, 0.2) is 6.33 Å². The smallest absolute Gasteiger partial charge is 0.226 e. The Hall–Kier alpha value is -1.40. The van der Waals surface area contributed by atoms with Crippen molar-refractivity contribution in [1.82, 2.24) is 19.5 Å². The maximum atomic E-state index is 9.34. The quantitative estimate of drug-likeness (QED) is 0.802. The second-order valence-corrected chi connectivity index (χ2v) is 5.19. The molecule has 2 unspecified atom stereocenters. The number of halogens is 1. The number of aromatic nitrogens is 4. The predicted octanol–water partition coefficient (Wildman–Crippen LogP) is 2.63. The van der Waals surface area contributed by atoms with Crippen LogP contribution in [0.25, 0.3) is 11.2 Å². The van der Waals surface area contributed by atoms with Gasteiger partial charge in [0.15, 0.2) is 11.5 Å². The molecule has 0 radical (unpaired) electrons. The number of nitrogens with one attached hydrogen (secondary N) is 1. The van der Waals surface area contributed by atoms with Gasteiger partial charge < -0.3 is 15.0 Å². The van der Waals surface area contributed by atoms with E-state index in [2.05, 4.69) is 34.1 Å². The van der Waals surface area contributed by atoms with Crippen LogP contribution in [0.4, 0.5) is 5.82 Å². The van der Waals surface area contributed by atoms with Crippen LogP contribution in [0.1, 0.15) is 39.7 Å². The number of imidazole rings is 1. The molecule has 6 nitrogen and oxygen atoms in total. The SMILES string of the molecule is CCC(CO)Nc1nc(Cl)nc2ncn(C(C)CC)c12. The van der Waals surface area contributed by atoms with Crippen molar-refractivity contribution in [2.45, 2.75) is 45.7 Å². The molecule has 0 aromatic carbocycles. The number of anilines is 1. The van der Waals surface area contributed by atoms with Crippen molar-refractivity contribution in [3.8, 4) is 0 Å². The molecule has 0 amide bonds. The van der Waals surface area contributed by atoms with E-state index < -0.39 is 0 Å². The van der Waals surface area contributed by atoms with Crippen LogP contribution in [0.2, 0.25) is 5.28 Å². The van der Waals surface area contributed by atoms with Crippen LogP contribution in [-0.2, 0) is 0 Å². The van der Waals surface area contributed by atoms with E-state index in [1.165, 1.54) is 0 Å². The van der Waals surface area contributed by atoms with Gasteiger partial charge in [-0.3, -0.25) is 0 Å². The van der Waals surface area contributed by atoms with E-state index >= 15 is 0 Å². The fourth-order valence-electron chi connectivity index (χ4n) is 2.02. The van der Waals surface area contributed by atoms with E-state index in [9.17, 15) is 5.11 Å². The van der Waals surface area contributed by atoms with Gasteiger partial charge in [0.25, 0.3) is 0 Å². The molecule has 2 aromatic heterocycles. The van der Waals surface area contributed by atoms with Gasteiger partial charge in [0.05, 0.1) is 19.0 Å². The van der Waals surface area contributed by atoms with Gasteiger partial charge in [-0.05, 0) is 31.4 Å². The van der Waals surface area contributed by atoms with Gasteiger partial charge in [-0.1, -0.05) is 13.8 Å². The Morgan fingerprint density at radius 1 is 1.35 bits per heavy atom. The molecule has 0 fully saturated rings. The van der Waals surface area contributed by atoms with Crippen molar-refractivity contribution in [1.29, 1.82) is 0 Å². The summed E-state index contributed by atoms with van der Waals surface area (Å²) in [7, 11) is 0. The minimum Gasteiger partial charge on any atom is -0.394 e. The van der Waals surface area contributed by atoms with Crippen molar-refractivity contribution in [2.24, 2.45) is 0 Å². The van der Waals surface area contributed by atoms with Crippen molar-refractivity contribution < 1.29 is 5.11 Å². The maximum absolute atomic E-state index is 9.34. The number of aliphatic hydroxyl groups is 1. The van der Waals surface area contributed by atoms with E-state index in [4.69, 9.17) is 11.6 Å². The molecule has 0 bridgehead atoms. The summed E-state index contributed by atoms with van der Waals surface area (Å²) in [6.45, 7) is 6.27. The Kier molecular flexibility index (Phi) is 4.77. The molecule has 2 N–H and O–H groups in total. The zero-order valence-corrected chi connectivity index (χ0v) is 12.7. The first-order chi connectivity index (χ1) is 9.60. The van der Waals surface area contributed by atoms with Gasteiger partial charge in [-0.15, -0.1) is 0 Å². The molecule has 2 aromatic rings. The van der Waals surface area contributed by atoms with Gasteiger partial charge in [0.1, 0.15) is 5.52 Å². The molecule has 2 heterocycles. The minimum absolute atomic E-state index is 0.0388. The highest BCUT2D eigenvalue weighted by molar-refractivity contribution is 6.28. The number of nitrogens with zero attached hydrogens (tertiary/aromatic N) is 4. The molecule has 0 aliphatic rings. The first kappa shape index (κ1) is 15.0. The van der Waals surface area contributed by atoms with Gasteiger partial charge >= 0.3 is 0 Å². The Morgan fingerprint density at radius 2 is 2.10 bits per heavy atom. The van der Waals surface area contributed by atoms with E-state index in [1.807, 2.05) is 11.5 Å².